The predicted octanol–water partition coefficient (Wildman–Crippen LogP) is 2.53. The molecule has 10 heteroatoms. The number of rotatable bonds is 6. The number of hydrogen-bond acceptors (Lipinski definition) is 6. The van der Waals surface area contributed by atoms with Crippen LogP contribution < -0.4 is 5.32 Å². The third kappa shape index (κ3) is 4.22. The average molecular weight is 483 g/mol. The van der Waals surface area contributed by atoms with E-state index in [9.17, 15) is 18.0 Å². The van der Waals surface area contributed by atoms with E-state index >= 15 is 0 Å². The van der Waals surface area contributed by atoms with Crippen molar-refractivity contribution in [1.29, 1.82) is 0 Å². The SMILES string of the molecule is CCOC(=O)c1ccc(S(=O)(=O)N2CCNC(=O)[C@@H]2c2c(C)nn(-c3ccccc3)c2C)cc1. The number of aryl methyl sites for hydroxylation is 1. The highest BCUT2D eigenvalue weighted by molar-refractivity contribution is 7.89. The number of sulfonamides is 1. The number of nitrogens with one attached hydrogen (secondary N) is 1. The molecule has 1 saturated heterocycles. The summed E-state index contributed by atoms with van der Waals surface area (Å²) in [6, 6.07) is 13.9. The molecule has 1 fully saturated rings. The van der Waals surface area contributed by atoms with Gasteiger partial charge in [0.1, 0.15) is 6.04 Å². The Kier molecular flexibility index (Phi) is 6.54. The van der Waals surface area contributed by atoms with E-state index in [0.717, 1.165) is 5.69 Å². The molecule has 9 nitrogen and oxygen atoms in total. The van der Waals surface area contributed by atoms with Crippen molar-refractivity contribution in [2.24, 2.45) is 0 Å². The van der Waals surface area contributed by atoms with Crippen molar-refractivity contribution in [2.75, 3.05) is 19.7 Å². The Morgan fingerprint density at radius 1 is 1.12 bits per heavy atom. The molecule has 178 valence electrons. The third-order valence-corrected chi connectivity index (χ3v) is 7.64. The molecule has 0 saturated carbocycles. The zero-order chi connectivity index (χ0) is 24.5. The zero-order valence-electron chi connectivity index (χ0n) is 19.2. The topological polar surface area (TPSA) is 111 Å². The minimum Gasteiger partial charge on any atom is -0.462 e. The van der Waals surface area contributed by atoms with Crippen LogP contribution in [0.3, 0.4) is 0 Å². The molecule has 1 aliphatic rings. The van der Waals surface area contributed by atoms with Crippen LogP contribution in [0.15, 0.2) is 59.5 Å². The number of ether oxygens (including phenoxy) is 1. The lowest BCUT2D eigenvalue weighted by Crippen LogP contribution is -2.52. The highest BCUT2D eigenvalue weighted by Gasteiger charge is 2.42. The van der Waals surface area contributed by atoms with E-state index in [1.165, 1.54) is 28.6 Å². The molecule has 1 atom stereocenters. The van der Waals surface area contributed by atoms with Gasteiger partial charge >= 0.3 is 5.97 Å². The van der Waals surface area contributed by atoms with Gasteiger partial charge in [0.25, 0.3) is 0 Å². The number of aromatic nitrogens is 2. The minimum absolute atomic E-state index is 0.00833. The molecular formula is C24H26N4O5S. The van der Waals surface area contributed by atoms with E-state index in [1.54, 1.807) is 18.5 Å². The van der Waals surface area contributed by atoms with Gasteiger partial charge in [0.15, 0.2) is 0 Å². The van der Waals surface area contributed by atoms with E-state index in [-0.39, 0.29) is 30.2 Å². The summed E-state index contributed by atoms with van der Waals surface area (Å²) in [5, 5.41) is 7.37. The molecule has 2 heterocycles. The van der Waals surface area contributed by atoms with Crippen molar-refractivity contribution in [3.05, 3.63) is 77.1 Å². The van der Waals surface area contributed by atoms with Crippen LogP contribution in [0.25, 0.3) is 5.69 Å². The van der Waals surface area contributed by atoms with Gasteiger partial charge in [-0.1, -0.05) is 18.2 Å². The number of esters is 1. The Labute approximate surface area is 198 Å². The monoisotopic (exact) mass is 482 g/mol. The number of hydrogen-bond donors (Lipinski definition) is 1. The Hall–Kier alpha value is -3.50. The van der Waals surface area contributed by atoms with Gasteiger partial charge in [-0.15, -0.1) is 0 Å². The standard InChI is InChI=1S/C24H26N4O5S/c1-4-33-24(30)18-10-12-20(13-11-18)34(31,32)27-15-14-25-23(29)22(27)21-16(2)26-28(17(21)3)19-8-6-5-7-9-19/h5-13,22H,4,14-15H2,1-3H3,(H,25,29)/t22-/m0/s1. The summed E-state index contributed by atoms with van der Waals surface area (Å²) >= 11 is 0. The molecule has 1 aliphatic heterocycles. The summed E-state index contributed by atoms with van der Waals surface area (Å²) in [4.78, 5) is 25.0. The van der Waals surface area contributed by atoms with E-state index in [0.29, 0.717) is 17.0 Å². The molecule has 4 rings (SSSR count). The fourth-order valence-corrected chi connectivity index (χ4v) is 5.72. The number of carbonyl (C=O) groups is 2. The third-order valence-electron chi connectivity index (χ3n) is 5.76. The molecular weight excluding hydrogens is 456 g/mol. The maximum atomic E-state index is 13.6. The van der Waals surface area contributed by atoms with Crippen molar-refractivity contribution < 1.29 is 22.7 Å². The molecule has 1 amide bonds. The first kappa shape index (κ1) is 23.7. The molecule has 0 bridgehead atoms. The quantitative estimate of drug-likeness (QED) is 0.541. The van der Waals surface area contributed by atoms with E-state index in [2.05, 4.69) is 10.4 Å². The second kappa shape index (κ2) is 9.40. The molecule has 3 aromatic rings. The van der Waals surface area contributed by atoms with Gasteiger partial charge in [0.2, 0.25) is 15.9 Å². The fraction of sp³-hybridized carbons (Fsp3) is 0.292. The summed E-state index contributed by atoms with van der Waals surface area (Å²) in [5.41, 5.74) is 2.87. The van der Waals surface area contributed by atoms with Crippen molar-refractivity contribution in [3.63, 3.8) is 0 Å². The van der Waals surface area contributed by atoms with E-state index in [1.807, 2.05) is 37.3 Å². The molecule has 1 aromatic heterocycles. The predicted molar refractivity (Wildman–Crippen MR) is 125 cm³/mol. The summed E-state index contributed by atoms with van der Waals surface area (Å²) in [6.45, 7) is 5.81. The van der Waals surface area contributed by atoms with Gasteiger partial charge in [0.05, 0.1) is 28.4 Å². The average Bonchev–Trinajstić information content (AvgIpc) is 3.13. The van der Waals surface area contributed by atoms with Gasteiger partial charge in [-0.05, 0) is 57.2 Å². The molecule has 0 unspecified atom stereocenters. The fourth-order valence-electron chi connectivity index (χ4n) is 4.16. The number of amides is 1. The van der Waals surface area contributed by atoms with Gasteiger partial charge in [-0.3, -0.25) is 4.79 Å². The first-order chi connectivity index (χ1) is 16.3. The maximum Gasteiger partial charge on any atom is 0.338 e. The van der Waals surface area contributed by atoms with Gasteiger partial charge in [-0.2, -0.15) is 9.40 Å². The van der Waals surface area contributed by atoms with Crippen LogP contribution >= 0.6 is 0 Å². The lowest BCUT2D eigenvalue weighted by atomic mass is 10.0. The van der Waals surface area contributed by atoms with Crippen LogP contribution in [0.1, 0.15) is 40.3 Å². The second-order valence-corrected chi connectivity index (χ2v) is 9.78. The first-order valence-corrected chi connectivity index (χ1v) is 12.4. The Morgan fingerprint density at radius 2 is 1.79 bits per heavy atom. The minimum atomic E-state index is -4.05. The van der Waals surface area contributed by atoms with Crippen molar-refractivity contribution >= 4 is 21.9 Å². The van der Waals surface area contributed by atoms with Crippen molar-refractivity contribution in [2.45, 2.75) is 31.7 Å². The molecule has 2 aromatic carbocycles. The van der Waals surface area contributed by atoms with E-state index in [4.69, 9.17) is 4.74 Å². The highest BCUT2D eigenvalue weighted by atomic mass is 32.2. The number of carbonyl (C=O) groups excluding carboxylic acids is 2. The first-order valence-electron chi connectivity index (χ1n) is 10.9. The second-order valence-electron chi connectivity index (χ2n) is 7.89. The summed E-state index contributed by atoms with van der Waals surface area (Å²) in [7, 11) is -4.05. The van der Waals surface area contributed by atoms with Gasteiger partial charge < -0.3 is 10.1 Å². The summed E-state index contributed by atoms with van der Waals surface area (Å²) < 4.78 is 35.1. The van der Waals surface area contributed by atoms with Crippen LogP contribution in [0.5, 0.6) is 0 Å². The summed E-state index contributed by atoms with van der Waals surface area (Å²) in [5.74, 6) is -0.932. The normalized spacial score (nSPS) is 16.8. The smallest absolute Gasteiger partial charge is 0.338 e. The lowest BCUT2D eigenvalue weighted by Gasteiger charge is -2.34. The Balaban J connectivity index is 1.75. The number of nitrogens with zero attached hydrogens (tertiary/aromatic N) is 3. The van der Waals surface area contributed by atoms with Crippen LogP contribution in [0.4, 0.5) is 0 Å². The van der Waals surface area contributed by atoms with Crippen LogP contribution in [-0.2, 0) is 19.6 Å². The highest BCUT2D eigenvalue weighted by Crippen LogP contribution is 2.34. The molecule has 1 N–H and O–H groups in total. The molecule has 0 aliphatic carbocycles. The Bertz CT molecular complexity index is 1320. The van der Waals surface area contributed by atoms with Crippen molar-refractivity contribution in [1.82, 2.24) is 19.4 Å². The lowest BCUT2D eigenvalue weighted by molar-refractivity contribution is -0.127. The number of para-hydroxylation sites is 1. The zero-order valence-corrected chi connectivity index (χ0v) is 20.0. The molecule has 34 heavy (non-hydrogen) atoms. The van der Waals surface area contributed by atoms with Crippen molar-refractivity contribution in [3.8, 4) is 5.69 Å². The van der Waals surface area contributed by atoms with Gasteiger partial charge in [-0.25, -0.2) is 17.9 Å². The number of piperazine rings is 1. The van der Waals surface area contributed by atoms with Gasteiger partial charge in [0, 0.05) is 24.3 Å². The maximum absolute atomic E-state index is 13.6. The van der Waals surface area contributed by atoms with Crippen LogP contribution in [0.2, 0.25) is 0 Å². The summed E-state index contributed by atoms with van der Waals surface area (Å²) in [6.07, 6.45) is 0. The Morgan fingerprint density at radius 3 is 2.44 bits per heavy atom. The largest absolute Gasteiger partial charge is 0.462 e. The van der Waals surface area contributed by atoms with E-state index < -0.39 is 27.9 Å². The van der Waals surface area contributed by atoms with Crippen LogP contribution in [0, 0.1) is 13.8 Å². The number of benzene rings is 2. The molecule has 0 radical (unpaired) electrons. The van der Waals surface area contributed by atoms with Crippen LogP contribution in [-0.4, -0.2) is 54.1 Å². The molecule has 0 spiro atoms.